The largest absolute Gasteiger partial charge is 0.389 e. The standard InChI is InChI=1S/C10H14N2S/c1-6(2)8-4-5-12-7(3)9(8)10(11)13/h4-6H,1-3H3,(H2,11,13). The molecule has 1 rings (SSSR count). The molecule has 0 saturated heterocycles. The molecule has 0 fully saturated rings. The number of nitrogens with zero attached hydrogens (tertiary/aromatic N) is 1. The van der Waals surface area contributed by atoms with E-state index in [1.807, 2.05) is 13.0 Å². The third-order valence-corrected chi connectivity index (χ3v) is 2.25. The van der Waals surface area contributed by atoms with Crippen LogP contribution in [0.4, 0.5) is 0 Å². The van der Waals surface area contributed by atoms with Gasteiger partial charge >= 0.3 is 0 Å². The Labute approximate surface area is 84.2 Å². The number of hydrogen-bond acceptors (Lipinski definition) is 2. The highest BCUT2D eigenvalue weighted by Gasteiger charge is 2.11. The van der Waals surface area contributed by atoms with Gasteiger partial charge in [0.15, 0.2) is 0 Å². The van der Waals surface area contributed by atoms with Crippen LogP contribution >= 0.6 is 12.2 Å². The third kappa shape index (κ3) is 2.04. The van der Waals surface area contributed by atoms with Gasteiger partial charge < -0.3 is 5.73 Å². The van der Waals surface area contributed by atoms with Gasteiger partial charge in [0.1, 0.15) is 4.99 Å². The summed E-state index contributed by atoms with van der Waals surface area (Å²) in [6.07, 6.45) is 1.80. The summed E-state index contributed by atoms with van der Waals surface area (Å²) >= 11 is 4.99. The summed E-state index contributed by atoms with van der Waals surface area (Å²) in [5, 5.41) is 0. The SMILES string of the molecule is Cc1nccc(C(C)C)c1C(N)=S. The Kier molecular flexibility index (Phi) is 2.98. The predicted octanol–water partition coefficient (Wildman–Crippen LogP) is 2.15. The molecule has 1 aromatic heterocycles. The van der Waals surface area contributed by atoms with Crippen molar-refractivity contribution in [2.45, 2.75) is 26.7 Å². The van der Waals surface area contributed by atoms with Crippen molar-refractivity contribution in [2.24, 2.45) is 5.73 Å². The quantitative estimate of drug-likeness (QED) is 0.733. The lowest BCUT2D eigenvalue weighted by molar-refractivity contribution is 0.856. The van der Waals surface area contributed by atoms with Gasteiger partial charge in [0.2, 0.25) is 0 Å². The molecule has 0 bridgehead atoms. The normalized spacial score (nSPS) is 10.5. The molecular weight excluding hydrogens is 180 g/mol. The summed E-state index contributed by atoms with van der Waals surface area (Å²) in [5.74, 6) is 0.429. The Morgan fingerprint density at radius 1 is 1.54 bits per heavy atom. The highest BCUT2D eigenvalue weighted by Crippen LogP contribution is 2.20. The zero-order valence-electron chi connectivity index (χ0n) is 8.16. The van der Waals surface area contributed by atoms with E-state index in [1.165, 1.54) is 5.56 Å². The molecule has 2 N–H and O–H groups in total. The van der Waals surface area contributed by atoms with Gasteiger partial charge in [0.05, 0.1) is 0 Å². The van der Waals surface area contributed by atoms with Gasteiger partial charge in [0.25, 0.3) is 0 Å². The summed E-state index contributed by atoms with van der Waals surface area (Å²) < 4.78 is 0. The topological polar surface area (TPSA) is 38.9 Å². The van der Waals surface area contributed by atoms with Crippen molar-refractivity contribution in [3.05, 3.63) is 29.1 Å². The lowest BCUT2D eigenvalue weighted by Crippen LogP contribution is -2.15. The average Bonchev–Trinajstić information content (AvgIpc) is 2.02. The first-order valence-corrected chi connectivity index (χ1v) is 4.70. The van der Waals surface area contributed by atoms with E-state index >= 15 is 0 Å². The van der Waals surface area contributed by atoms with Crippen molar-refractivity contribution >= 4 is 17.2 Å². The number of aryl methyl sites for hydroxylation is 1. The first-order valence-electron chi connectivity index (χ1n) is 4.29. The maximum atomic E-state index is 5.64. The zero-order valence-corrected chi connectivity index (χ0v) is 8.98. The lowest BCUT2D eigenvalue weighted by Gasteiger charge is -2.12. The average molecular weight is 194 g/mol. The van der Waals surface area contributed by atoms with Crippen LogP contribution in [-0.4, -0.2) is 9.97 Å². The molecule has 0 aliphatic rings. The van der Waals surface area contributed by atoms with Gasteiger partial charge in [-0.25, -0.2) is 0 Å². The van der Waals surface area contributed by atoms with Crippen molar-refractivity contribution < 1.29 is 0 Å². The molecule has 0 aliphatic carbocycles. The molecule has 0 spiro atoms. The van der Waals surface area contributed by atoms with Crippen LogP contribution in [0.3, 0.4) is 0 Å². The first kappa shape index (κ1) is 10.1. The Morgan fingerprint density at radius 3 is 2.54 bits per heavy atom. The van der Waals surface area contributed by atoms with Crippen LogP contribution in [0.1, 0.15) is 36.6 Å². The molecule has 0 unspecified atom stereocenters. The Hall–Kier alpha value is -0.960. The summed E-state index contributed by atoms with van der Waals surface area (Å²) in [5.41, 5.74) is 8.68. The van der Waals surface area contributed by atoms with Gasteiger partial charge in [-0.2, -0.15) is 0 Å². The number of thiocarbonyl (C=S) groups is 1. The van der Waals surface area contributed by atoms with Crippen LogP contribution in [0.5, 0.6) is 0 Å². The predicted molar refractivity (Wildman–Crippen MR) is 59.0 cm³/mol. The molecule has 3 heteroatoms. The molecule has 70 valence electrons. The molecule has 1 aromatic rings. The van der Waals surface area contributed by atoms with Crippen LogP contribution in [-0.2, 0) is 0 Å². The van der Waals surface area contributed by atoms with E-state index in [1.54, 1.807) is 6.20 Å². The van der Waals surface area contributed by atoms with E-state index in [-0.39, 0.29) is 0 Å². The highest BCUT2D eigenvalue weighted by atomic mass is 32.1. The van der Waals surface area contributed by atoms with E-state index in [2.05, 4.69) is 18.8 Å². The van der Waals surface area contributed by atoms with E-state index in [9.17, 15) is 0 Å². The molecule has 13 heavy (non-hydrogen) atoms. The summed E-state index contributed by atoms with van der Waals surface area (Å²) in [6.45, 7) is 6.17. The van der Waals surface area contributed by atoms with Crippen molar-refractivity contribution in [3.63, 3.8) is 0 Å². The van der Waals surface area contributed by atoms with E-state index in [0.717, 1.165) is 11.3 Å². The zero-order chi connectivity index (χ0) is 10.0. The van der Waals surface area contributed by atoms with Gasteiger partial charge in [-0.3, -0.25) is 4.98 Å². The Bertz CT molecular complexity index is 332. The molecule has 0 aromatic carbocycles. The van der Waals surface area contributed by atoms with Gasteiger partial charge in [0, 0.05) is 17.5 Å². The minimum Gasteiger partial charge on any atom is -0.389 e. The second kappa shape index (κ2) is 3.83. The number of nitrogens with two attached hydrogens (primary N) is 1. The lowest BCUT2D eigenvalue weighted by atomic mass is 9.97. The van der Waals surface area contributed by atoms with Gasteiger partial charge in [-0.15, -0.1) is 0 Å². The van der Waals surface area contributed by atoms with Crippen molar-refractivity contribution in [3.8, 4) is 0 Å². The minimum absolute atomic E-state index is 0.429. The summed E-state index contributed by atoms with van der Waals surface area (Å²) in [4.78, 5) is 4.62. The fourth-order valence-electron chi connectivity index (χ4n) is 1.39. The molecule has 0 saturated carbocycles. The third-order valence-electron chi connectivity index (χ3n) is 2.04. The minimum atomic E-state index is 0.429. The van der Waals surface area contributed by atoms with Gasteiger partial charge in [-0.1, -0.05) is 26.1 Å². The van der Waals surface area contributed by atoms with Crippen LogP contribution in [0, 0.1) is 6.92 Å². The molecule has 0 amide bonds. The van der Waals surface area contributed by atoms with Crippen LogP contribution in [0.15, 0.2) is 12.3 Å². The van der Waals surface area contributed by atoms with Crippen molar-refractivity contribution in [1.29, 1.82) is 0 Å². The summed E-state index contributed by atoms with van der Waals surface area (Å²) in [6, 6.07) is 1.98. The second-order valence-electron chi connectivity index (χ2n) is 3.38. The van der Waals surface area contributed by atoms with Crippen LogP contribution in [0.25, 0.3) is 0 Å². The smallest absolute Gasteiger partial charge is 0.106 e. The first-order chi connectivity index (χ1) is 6.04. The maximum Gasteiger partial charge on any atom is 0.106 e. The van der Waals surface area contributed by atoms with Gasteiger partial charge in [-0.05, 0) is 24.5 Å². The van der Waals surface area contributed by atoms with Crippen LogP contribution < -0.4 is 5.73 Å². The molecule has 0 aliphatic heterocycles. The molecule has 0 radical (unpaired) electrons. The number of pyridine rings is 1. The Balaban J connectivity index is 3.34. The monoisotopic (exact) mass is 194 g/mol. The molecular formula is C10H14N2S. The fourth-order valence-corrected chi connectivity index (χ4v) is 1.65. The number of rotatable bonds is 2. The van der Waals surface area contributed by atoms with Crippen LogP contribution in [0.2, 0.25) is 0 Å². The second-order valence-corrected chi connectivity index (χ2v) is 3.82. The van der Waals surface area contributed by atoms with Crippen molar-refractivity contribution in [1.82, 2.24) is 4.98 Å². The Morgan fingerprint density at radius 2 is 2.15 bits per heavy atom. The maximum absolute atomic E-state index is 5.64. The highest BCUT2D eigenvalue weighted by molar-refractivity contribution is 7.80. The van der Waals surface area contributed by atoms with E-state index in [4.69, 9.17) is 18.0 Å². The molecule has 0 atom stereocenters. The number of aromatic nitrogens is 1. The summed E-state index contributed by atoms with van der Waals surface area (Å²) in [7, 11) is 0. The van der Waals surface area contributed by atoms with E-state index < -0.39 is 0 Å². The molecule has 2 nitrogen and oxygen atoms in total. The number of hydrogen-bond donors (Lipinski definition) is 1. The van der Waals surface area contributed by atoms with E-state index in [0.29, 0.717) is 10.9 Å². The van der Waals surface area contributed by atoms with Crippen molar-refractivity contribution in [2.75, 3.05) is 0 Å². The fraction of sp³-hybridized carbons (Fsp3) is 0.400. The molecule has 1 heterocycles.